The number of para-hydroxylation sites is 2. The smallest absolute Gasteiger partial charge is 0.160 e. The van der Waals surface area contributed by atoms with E-state index in [-0.39, 0.29) is 0 Å². The summed E-state index contributed by atoms with van der Waals surface area (Å²) < 4.78 is 2.33. The van der Waals surface area contributed by atoms with Crippen LogP contribution in [0.5, 0.6) is 0 Å². The van der Waals surface area contributed by atoms with Gasteiger partial charge in [-0.2, -0.15) is 0 Å². The summed E-state index contributed by atoms with van der Waals surface area (Å²) in [4.78, 5) is 9.85. The second-order valence-corrected chi connectivity index (χ2v) is 7.76. The molecule has 140 valence electrons. The Hall–Kier alpha value is -2.13. The van der Waals surface area contributed by atoms with Crippen LogP contribution in [0.25, 0.3) is 33.1 Å². The average molecular weight is 380 g/mol. The van der Waals surface area contributed by atoms with E-state index in [0.29, 0.717) is 0 Å². The molecule has 0 aliphatic heterocycles. The zero-order valence-corrected chi connectivity index (χ0v) is 16.7. The highest BCUT2D eigenvalue weighted by Gasteiger charge is 2.14. The van der Waals surface area contributed by atoms with Gasteiger partial charge >= 0.3 is 0 Å². The Balaban J connectivity index is 1.66. The quantitative estimate of drug-likeness (QED) is 0.304. The number of aromatic nitrogens is 3. The van der Waals surface area contributed by atoms with Gasteiger partial charge < -0.3 is 4.57 Å². The Labute approximate surface area is 165 Å². The van der Waals surface area contributed by atoms with Crippen LogP contribution in [0.4, 0.5) is 0 Å². The van der Waals surface area contributed by atoms with Crippen molar-refractivity contribution in [3.8, 4) is 0 Å². The maximum Gasteiger partial charge on any atom is 0.160 e. The summed E-state index contributed by atoms with van der Waals surface area (Å²) in [5, 5.41) is 1.84. The van der Waals surface area contributed by atoms with Crippen LogP contribution >= 0.6 is 11.6 Å². The molecule has 0 spiro atoms. The molecule has 0 aliphatic carbocycles. The molecule has 0 radical (unpaired) electrons. The molecule has 0 N–H and O–H groups in total. The van der Waals surface area contributed by atoms with Gasteiger partial charge in [0.25, 0.3) is 0 Å². The second kappa shape index (κ2) is 8.26. The van der Waals surface area contributed by atoms with Crippen LogP contribution < -0.4 is 0 Å². The van der Waals surface area contributed by atoms with Crippen molar-refractivity contribution in [3.05, 3.63) is 47.5 Å². The molecule has 0 aliphatic rings. The number of unbranched alkanes of at least 4 members (excludes halogenated alkanes) is 6. The van der Waals surface area contributed by atoms with Crippen molar-refractivity contribution < 1.29 is 0 Å². The van der Waals surface area contributed by atoms with Crippen LogP contribution in [0.1, 0.15) is 51.9 Å². The van der Waals surface area contributed by atoms with Crippen molar-refractivity contribution in [3.63, 3.8) is 0 Å². The molecule has 3 nitrogen and oxygen atoms in total. The molecular formula is C23H26ClN3. The number of hydrogen-bond donors (Lipinski definition) is 0. The number of halogens is 1. The lowest BCUT2D eigenvalue weighted by molar-refractivity contribution is 0.560. The maximum absolute atomic E-state index is 6.28. The molecule has 2 aromatic carbocycles. The molecule has 0 saturated carbocycles. The molecule has 0 fully saturated rings. The van der Waals surface area contributed by atoms with Gasteiger partial charge in [0.15, 0.2) is 5.65 Å². The van der Waals surface area contributed by atoms with Gasteiger partial charge in [-0.15, -0.1) is 0 Å². The van der Waals surface area contributed by atoms with Crippen LogP contribution in [0.3, 0.4) is 0 Å². The van der Waals surface area contributed by atoms with E-state index in [0.717, 1.165) is 39.2 Å². The highest BCUT2D eigenvalue weighted by molar-refractivity contribution is 6.31. The molecule has 4 rings (SSSR count). The molecule has 0 bridgehead atoms. The van der Waals surface area contributed by atoms with Crippen LogP contribution in [-0.4, -0.2) is 14.5 Å². The number of fused-ring (bicyclic) bond motifs is 4. The van der Waals surface area contributed by atoms with E-state index in [9.17, 15) is 0 Å². The van der Waals surface area contributed by atoms with Gasteiger partial charge in [0.2, 0.25) is 0 Å². The Morgan fingerprint density at radius 2 is 1.56 bits per heavy atom. The SMILES string of the molecule is CCCCCCCCCn1c2ccc(Cl)cc2c2nc3ccccc3nc21. The van der Waals surface area contributed by atoms with E-state index in [2.05, 4.69) is 17.6 Å². The lowest BCUT2D eigenvalue weighted by Crippen LogP contribution is -2.00. The minimum Gasteiger partial charge on any atom is -0.324 e. The standard InChI is InChI=1S/C23H26ClN3/c1-2-3-4-5-6-7-10-15-27-21-14-13-17(24)16-18(21)22-23(27)26-20-12-9-8-11-19(20)25-22/h8-9,11-14,16H,2-7,10,15H2,1H3. The third-order valence-corrected chi connectivity index (χ3v) is 5.53. The van der Waals surface area contributed by atoms with E-state index < -0.39 is 0 Å². The molecule has 0 atom stereocenters. The van der Waals surface area contributed by atoms with Gasteiger partial charge in [-0.25, -0.2) is 9.97 Å². The number of rotatable bonds is 8. The summed E-state index contributed by atoms with van der Waals surface area (Å²) in [6.07, 6.45) is 9.12. The van der Waals surface area contributed by atoms with E-state index >= 15 is 0 Å². The number of hydrogen-bond acceptors (Lipinski definition) is 2. The van der Waals surface area contributed by atoms with Gasteiger partial charge in [-0.3, -0.25) is 0 Å². The minimum absolute atomic E-state index is 0.743. The normalized spacial score (nSPS) is 11.8. The first-order chi connectivity index (χ1) is 13.3. The van der Waals surface area contributed by atoms with Crippen molar-refractivity contribution in [2.45, 2.75) is 58.4 Å². The molecule has 0 saturated heterocycles. The third kappa shape index (κ3) is 3.79. The van der Waals surface area contributed by atoms with Gasteiger partial charge in [-0.1, -0.05) is 69.2 Å². The van der Waals surface area contributed by atoms with Crippen LogP contribution in [0.2, 0.25) is 5.02 Å². The average Bonchev–Trinajstić information content (AvgIpc) is 2.98. The maximum atomic E-state index is 6.28. The predicted molar refractivity (Wildman–Crippen MR) is 116 cm³/mol. The first kappa shape index (κ1) is 18.2. The Morgan fingerprint density at radius 3 is 2.33 bits per heavy atom. The second-order valence-electron chi connectivity index (χ2n) is 7.32. The Bertz CT molecular complexity index is 1070. The highest BCUT2D eigenvalue weighted by atomic mass is 35.5. The summed E-state index contributed by atoms with van der Waals surface area (Å²) in [5.74, 6) is 0. The van der Waals surface area contributed by atoms with Crippen molar-refractivity contribution in [1.82, 2.24) is 14.5 Å². The van der Waals surface area contributed by atoms with Crippen LogP contribution in [0.15, 0.2) is 42.5 Å². The predicted octanol–water partition coefficient (Wildman–Crippen LogP) is 7.14. The zero-order chi connectivity index (χ0) is 18.6. The van der Waals surface area contributed by atoms with Gasteiger partial charge in [0.05, 0.1) is 16.6 Å². The third-order valence-electron chi connectivity index (χ3n) is 5.30. The molecule has 4 aromatic rings. The summed E-state index contributed by atoms with van der Waals surface area (Å²) in [7, 11) is 0. The number of nitrogens with zero attached hydrogens (tertiary/aromatic N) is 3. The van der Waals surface area contributed by atoms with E-state index in [1.807, 2.05) is 36.4 Å². The lowest BCUT2D eigenvalue weighted by atomic mass is 10.1. The van der Waals surface area contributed by atoms with Crippen molar-refractivity contribution >= 4 is 44.7 Å². The molecule has 4 heteroatoms. The molecule has 2 aromatic heterocycles. The number of aryl methyl sites for hydroxylation is 1. The van der Waals surface area contributed by atoms with Crippen LogP contribution in [0, 0.1) is 0 Å². The van der Waals surface area contributed by atoms with Crippen LogP contribution in [-0.2, 0) is 6.54 Å². The van der Waals surface area contributed by atoms with Gasteiger partial charge in [0.1, 0.15) is 5.52 Å². The van der Waals surface area contributed by atoms with Crippen molar-refractivity contribution in [1.29, 1.82) is 0 Å². The summed E-state index contributed by atoms with van der Waals surface area (Å²) in [6.45, 7) is 3.24. The van der Waals surface area contributed by atoms with Crippen molar-refractivity contribution in [2.24, 2.45) is 0 Å². The van der Waals surface area contributed by atoms with Gasteiger partial charge in [0, 0.05) is 17.0 Å². The highest BCUT2D eigenvalue weighted by Crippen LogP contribution is 2.30. The first-order valence-corrected chi connectivity index (χ1v) is 10.5. The van der Waals surface area contributed by atoms with E-state index in [1.54, 1.807) is 0 Å². The molecule has 2 heterocycles. The van der Waals surface area contributed by atoms with Crippen molar-refractivity contribution in [2.75, 3.05) is 0 Å². The van der Waals surface area contributed by atoms with E-state index in [4.69, 9.17) is 21.6 Å². The molecule has 0 unspecified atom stereocenters. The summed E-state index contributed by atoms with van der Waals surface area (Å²) in [5.41, 5.74) is 4.97. The number of benzene rings is 2. The van der Waals surface area contributed by atoms with E-state index in [1.165, 1.54) is 50.5 Å². The lowest BCUT2D eigenvalue weighted by Gasteiger charge is -2.07. The Morgan fingerprint density at radius 1 is 0.852 bits per heavy atom. The molecule has 27 heavy (non-hydrogen) atoms. The summed E-state index contributed by atoms with van der Waals surface area (Å²) in [6, 6.07) is 14.2. The Kier molecular flexibility index (Phi) is 5.58. The minimum atomic E-state index is 0.743. The zero-order valence-electron chi connectivity index (χ0n) is 15.9. The van der Waals surface area contributed by atoms with Gasteiger partial charge in [-0.05, 0) is 36.8 Å². The largest absolute Gasteiger partial charge is 0.324 e. The fraction of sp³-hybridized carbons (Fsp3) is 0.391. The molecule has 0 amide bonds. The topological polar surface area (TPSA) is 30.7 Å². The summed E-state index contributed by atoms with van der Waals surface area (Å²) >= 11 is 6.28. The first-order valence-electron chi connectivity index (χ1n) is 10.1. The fourth-order valence-electron chi connectivity index (χ4n) is 3.86. The molecular weight excluding hydrogens is 354 g/mol. The fourth-order valence-corrected chi connectivity index (χ4v) is 4.03. The monoisotopic (exact) mass is 379 g/mol.